The first-order valence-corrected chi connectivity index (χ1v) is 12.6. The molecule has 1 saturated heterocycles. The monoisotopic (exact) mass is 512 g/mol. The molecule has 1 amide bonds. The summed E-state index contributed by atoms with van der Waals surface area (Å²) in [5.41, 5.74) is 5.09. The van der Waals surface area contributed by atoms with Crippen LogP contribution in [-0.4, -0.2) is 79.0 Å². The quantitative estimate of drug-likeness (QED) is 0.430. The van der Waals surface area contributed by atoms with Gasteiger partial charge in [-0.3, -0.25) is 14.8 Å². The van der Waals surface area contributed by atoms with E-state index in [2.05, 4.69) is 79.2 Å². The van der Waals surface area contributed by atoms with Crippen molar-refractivity contribution in [2.24, 2.45) is 0 Å². The van der Waals surface area contributed by atoms with Crippen LogP contribution in [0.5, 0.6) is 0 Å². The topological polar surface area (TPSA) is 118 Å². The molecule has 0 aromatic carbocycles. The first-order chi connectivity index (χ1) is 18.2. The summed E-state index contributed by atoms with van der Waals surface area (Å²) >= 11 is 0. The van der Waals surface area contributed by atoms with Crippen LogP contribution in [0.2, 0.25) is 0 Å². The molecule has 1 N–H and O–H groups in total. The van der Waals surface area contributed by atoms with E-state index in [1.54, 1.807) is 29.2 Å². The molecule has 1 fully saturated rings. The van der Waals surface area contributed by atoms with Crippen LogP contribution in [0.3, 0.4) is 0 Å². The average Bonchev–Trinajstić information content (AvgIpc) is 3.39. The first-order valence-electron chi connectivity index (χ1n) is 12.6. The van der Waals surface area contributed by atoms with Crippen LogP contribution in [0.25, 0.3) is 16.9 Å². The van der Waals surface area contributed by atoms with Crippen molar-refractivity contribution in [3.05, 3.63) is 66.3 Å². The van der Waals surface area contributed by atoms with Crippen molar-refractivity contribution in [1.29, 1.82) is 0 Å². The van der Waals surface area contributed by atoms with Gasteiger partial charge in [-0.2, -0.15) is 0 Å². The molecular formula is C27H32N10O. The van der Waals surface area contributed by atoms with Crippen molar-refractivity contribution in [2.75, 3.05) is 43.4 Å². The molecule has 0 spiro atoms. The lowest BCUT2D eigenvalue weighted by molar-refractivity contribution is 0.102. The fourth-order valence-electron chi connectivity index (χ4n) is 4.22. The van der Waals surface area contributed by atoms with E-state index in [9.17, 15) is 4.79 Å². The number of rotatable bonds is 5. The molecular weight excluding hydrogens is 480 g/mol. The number of likely N-dealkylation sites (N-methyl/N-ethyl adjacent to an activating group) is 1. The van der Waals surface area contributed by atoms with Crippen molar-refractivity contribution < 1.29 is 4.79 Å². The lowest BCUT2D eigenvalue weighted by Gasteiger charge is -2.33. The van der Waals surface area contributed by atoms with Crippen LogP contribution < -0.4 is 10.2 Å². The molecule has 1 aliphatic rings. The highest BCUT2D eigenvalue weighted by Crippen LogP contribution is 2.25. The lowest BCUT2D eigenvalue weighted by Crippen LogP contribution is -2.44. The Hall–Kier alpha value is -4.25. The van der Waals surface area contributed by atoms with Gasteiger partial charge in [-0.15, -0.1) is 5.10 Å². The van der Waals surface area contributed by atoms with Gasteiger partial charge in [0.25, 0.3) is 5.91 Å². The molecule has 0 unspecified atom stereocenters. The molecule has 0 aliphatic carbocycles. The molecule has 5 rings (SSSR count). The largest absolute Gasteiger partial charge is 0.368 e. The van der Waals surface area contributed by atoms with Crippen molar-refractivity contribution >= 4 is 17.4 Å². The number of nitrogens with one attached hydrogen (secondary N) is 1. The molecule has 4 aromatic rings. The van der Waals surface area contributed by atoms with Crippen LogP contribution in [0.4, 0.5) is 11.5 Å². The van der Waals surface area contributed by atoms with Crippen molar-refractivity contribution in [1.82, 2.24) is 39.8 Å². The minimum Gasteiger partial charge on any atom is -0.368 e. The molecule has 0 atom stereocenters. The number of piperazine rings is 1. The van der Waals surface area contributed by atoms with Crippen LogP contribution in [0.1, 0.15) is 42.5 Å². The molecule has 38 heavy (non-hydrogen) atoms. The number of hydrogen-bond acceptors (Lipinski definition) is 9. The van der Waals surface area contributed by atoms with Gasteiger partial charge in [-0.05, 0) is 26.1 Å². The number of aryl methyl sites for hydroxylation is 1. The third kappa shape index (κ3) is 5.52. The summed E-state index contributed by atoms with van der Waals surface area (Å²) in [6, 6.07) is 5.63. The molecule has 11 nitrogen and oxygen atoms in total. The van der Waals surface area contributed by atoms with E-state index in [0.717, 1.165) is 48.8 Å². The number of anilines is 2. The number of pyridine rings is 2. The van der Waals surface area contributed by atoms with Crippen LogP contribution in [0, 0.1) is 6.92 Å². The lowest BCUT2D eigenvalue weighted by atomic mass is 9.92. The van der Waals surface area contributed by atoms with E-state index in [1.807, 2.05) is 19.3 Å². The van der Waals surface area contributed by atoms with Crippen molar-refractivity contribution in [3.8, 4) is 16.9 Å². The van der Waals surface area contributed by atoms with Crippen molar-refractivity contribution in [2.45, 2.75) is 33.1 Å². The summed E-state index contributed by atoms with van der Waals surface area (Å²) in [7, 11) is 2.14. The highest BCUT2D eigenvalue weighted by molar-refractivity contribution is 6.03. The Morgan fingerprint density at radius 1 is 0.974 bits per heavy atom. The number of aromatic nitrogens is 7. The summed E-state index contributed by atoms with van der Waals surface area (Å²) in [5, 5.41) is 11.6. The maximum absolute atomic E-state index is 13.0. The summed E-state index contributed by atoms with van der Waals surface area (Å²) in [4.78, 5) is 35.1. The van der Waals surface area contributed by atoms with E-state index in [0.29, 0.717) is 22.8 Å². The molecule has 11 heteroatoms. The Labute approximate surface area is 222 Å². The Morgan fingerprint density at radius 2 is 1.76 bits per heavy atom. The van der Waals surface area contributed by atoms with Gasteiger partial charge in [0, 0.05) is 55.6 Å². The Kier molecular flexibility index (Phi) is 6.85. The predicted octanol–water partition coefficient (Wildman–Crippen LogP) is 3.12. The number of nitrogens with zero attached hydrogens (tertiary/aromatic N) is 9. The van der Waals surface area contributed by atoms with Gasteiger partial charge in [-0.25, -0.2) is 14.6 Å². The van der Waals surface area contributed by atoms with E-state index in [1.165, 1.54) is 6.33 Å². The Bertz CT molecular complexity index is 1450. The number of hydrogen-bond donors (Lipinski definition) is 1. The van der Waals surface area contributed by atoms with Gasteiger partial charge in [0.05, 0.1) is 40.7 Å². The zero-order chi connectivity index (χ0) is 26.9. The molecule has 0 radical (unpaired) electrons. The summed E-state index contributed by atoms with van der Waals surface area (Å²) < 4.78 is 1.64. The van der Waals surface area contributed by atoms with Gasteiger partial charge in [-0.1, -0.05) is 26.0 Å². The third-order valence-corrected chi connectivity index (χ3v) is 6.63. The van der Waals surface area contributed by atoms with Crippen LogP contribution in [0.15, 0.2) is 49.3 Å². The summed E-state index contributed by atoms with van der Waals surface area (Å²) in [5.74, 6) is 0.120. The molecule has 5 heterocycles. The number of amides is 1. The fraction of sp³-hybridized carbons (Fsp3) is 0.370. The molecule has 0 saturated carbocycles. The maximum Gasteiger partial charge on any atom is 0.258 e. The number of carbonyl (C=O) groups excluding carboxylic acids is 1. The average molecular weight is 513 g/mol. The maximum atomic E-state index is 13.0. The second kappa shape index (κ2) is 10.3. The van der Waals surface area contributed by atoms with E-state index in [-0.39, 0.29) is 11.3 Å². The van der Waals surface area contributed by atoms with Crippen LogP contribution in [-0.2, 0) is 5.41 Å². The van der Waals surface area contributed by atoms with Crippen LogP contribution >= 0.6 is 0 Å². The molecule has 1 aliphatic heterocycles. The highest BCUT2D eigenvalue weighted by Gasteiger charge is 2.19. The second-order valence-electron chi connectivity index (χ2n) is 10.6. The van der Waals surface area contributed by atoms with Crippen molar-refractivity contribution in [3.63, 3.8) is 0 Å². The second-order valence-corrected chi connectivity index (χ2v) is 10.6. The smallest absolute Gasteiger partial charge is 0.258 e. The zero-order valence-corrected chi connectivity index (χ0v) is 22.4. The third-order valence-electron chi connectivity index (χ3n) is 6.63. The minimum absolute atomic E-state index is 0.161. The van der Waals surface area contributed by atoms with E-state index < -0.39 is 0 Å². The fourth-order valence-corrected chi connectivity index (χ4v) is 4.22. The zero-order valence-electron chi connectivity index (χ0n) is 22.4. The Balaban J connectivity index is 1.36. The van der Waals surface area contributed by atoms with E-state index >= 15 is 0 Å². The van der Waals surface area contributed by atoms with Gasteiger partial charge in [0.2, 0.25) is 0 Å². The first kappa shape index (κ1) is 25.4. The molecule has 196 valence electrons. The standard InChI is InChI=1S/C27H32N10O/c1-18-23(11-20(14-29-18)26(38)32-25-12-24(27(2,3)4)30-17-31-25)37-16-22(33-34-37)19-10-21(15-28-13-19)36-8-6-35(5)7-9-36/h10-17H,6-9H2,1-5H3,(H,30,31,32,38). The SMILES string of the molecule is Cc1ncc(C(=O)Nc2cc(C(C)(C)C)ncn2)cc1-n1cc(-c2cncc(N3CCN(C)CC3)c2)nn1. The summed E-state index contributed by atoms with van der Waals surface area (Å²) in [6.07, 6.45) is 8.51. The molecule has 0 bridgehead atoms. The van der Waals surface area contributed by atoms with Gasteiger partial charge in [0.15, 0.2) is 0 Å². The number of carbonyl (C=O) groups is 1. The van der Waals surface area contributed by atoms with Gasteiger partial charge < -0.3 is 15.1 Å². The highest BCUT2D eigenvalue weighted by atomic mass is 16.1. The Morgan fingerprint density at radius 3 is 2.53 bits per heavy atom. The van der Waals surface area contributed by atoms with Gasteiger partial charge >= 0.3 is 0 Å². The normalized spacial score (nSPS) is 14.5. The molecule has 4 aromatic heterocycles. The predicted molar refractivity (Wildman–Crippen MR) is 146 cm³/mol. The van der Waals surface area contributed by atoms with Gasteiger partial charge in [0.1, 0.15) is 17.8 Å². The minimum atomic E-state index is -0.318. The summed E-state index contributed by atoms with van der Waals surface area (Å²) in [6.45, 7) is 12.0. The van der Waals surface area contributed by atoms with E-state index in [4.69, 9.17) is 0 Å².